The van der Waals surface area contributed by atoms with Gasteiger partial charge in [0.25, 0.3) is 10.0 Å². The summed E-state index contributed by atoms with van der Waals surface area (Å²) in [5, 5.41) is 4.83. The minimum Gasteiger partial charge on any atom is -0.374 e. The monoisotopic (exact) mass is 327 g/mol. The fraction of sp³-hybridized carbons (Fsp3) is 0.800. The first-order valence-electron chi connectivity index (χ1n) is 8.10. The Hall–Kier alpha value is -0.920. The van der Waals surface area contributed by atoms with Crippen LogP contribution in [0.5, 0.6) is 0 Å². The van der Waals surface area contributed by atoms with Gasteiger partial charge in [-0.15, -0.1) is 0 Å². The second-order valence-electron chi connectivity index (χ2n) is 6.52. The molecule has 22 heavy (non-hydrogen) atoms. The summed E-state index contributed by atoms with van der Waals surface area (Å²) in [6, 6.07) is 0. The second-order valence-corrected chi connectivity index (χ2v) is 8.37. The minimum atomic E-state index is -3.48. The average Bonchev–Trinajstić information content (AvgIpc) is 3.01. The lowest BCUT2D eigenvalue weighted by Gasteiger charge is -2.19. The van der Waals surface area contributed by atoms with Crippen LogP contribution in [0, 0.1) is 0 Å². The average molecular weight is 327 g/mol. The van der Waals surface area contributed by atoms with E-state index in [1.165, 1.54) is 0 Å². The summed E-state index contributed by atoms with van der Waals surface area (Å²) in [7, 11) is -1.74. The van der Waals surface area contributed by atoms with Crippen molar-refractivity contribution in [3.63, 3.8) is 0 Å². The van der Waals surface area contributed by atoms with Crippen LogP contribution in [0.2, 0.25) is 0 Å². The van der Waals surface area contributed by atoms with E-state index in [0.717, 1.165) is 43.4 Å². The van der Waals surface area contributed by atoms with Crippen molar-refractivity contribution in [2.45, 2.75) is 63.2 Å². The maximum atomic E-state index is 13.0. The Kier molecular flexibility index (Phi) is 4.31. The molecule has 1 saturated heterocycles. The summed E-state index contributed by atoms with van der Waals surface area (Å²) in [6.07, 6.45) is 4.72. The van der Waals surface area contributed by atoms with Gasteiger partial charge in [0.1, 0.15) is 0 Å². The number of aryl methyl sites for hydroxylation is 2. The highest BCUT2D eigenvalue weighted by Crippen LogP contribution is 2.30. The SMILES string of the molecule is CC(C)O[C@@H]1CCN(S(=O)(=O)c2c3c(nn2C)CCCC3)C1. The van der Waals surface area contributed by atoms with Crippen LogP contribution in [0.25, 0.3) is 0 Å². The van der Waals surface area contributed by atoms with Crippen LogP contribution in [0.4, 0.5) is 0 Å². The van der Waals surface area contributed by atoms with E-state index >= 15 is 0 Å². The smallest absolute Gasteiger partial charge is 0.260 e. The molecule has 1 aliphatic heterocycles. The van der Waals surface area contributed by atoms with E-state index < -0.39 is 10.0 Å². The van der Waals surface area contributed by atoms with E-state index in [1.807, 2.05) is 13.8 Å². The van der Waals surface area contributed by atoms with Gasteiger partial charge in [-0.1, -0.05) is 0 Å². The lowest BCUT2D eigenvalue weighted by molar-refractivity contribution is 0.0173. The van der Waals surface area contributed by atoms with Gasteiger partial charge in [-0.05, 0) is 46.0 Å². The number of hydrogen-bond acceptors (Lipinski definition) is 4. The molecule has 1 fully saturated rings. The molecule has 0 amide bonds. The molecule has 2 aliphatic rings. The van der Waals surface area contributed by atoms with Crippen molar-refractivity contribution < 1.29 is 13.2 Å². The number of nitrogens with zero attached hydrogens (tertiary/aromatic N) is 3. The third kappa shape index (κ3) is 2.81. The molecule has 1 aliphatic carbocycles. The zero-order chi connectivity index (χ0) is 15.9. The molecule has 0 unspecified atom stereocenters. The molecular formula is C15H25N3O3S. The molecule has 0 N–H and O–H groups in total. The van der Waals surface area contributed by atoms with Gasteiger partial charge in [-0.3, -0.25) is 4.68 Å². The van der Waals surface area contributed by atoms with E-state index in [-0.39, 0.29) is 12.2 Å². The fourth-order valence-electron chi connectivity index (χ4n) is 3.51. The Balaban J connectivity index is 1.87. The highest BCUT2D eigenvalue weighted by atomic mass is 32.2. The van der Waals surface area contributed by atoms with Gasteiger partial charge < -0.3 is 4.74 Å². The maximum Gasteiger partial charge on any atom is 0.260 e. The van der Waals surface area contributed by atoms with Crippen LogP contribution in [-0.4, -0.2) is 47.8 Å². The van der Waals surface area contributed by atoms with Gasteiger partial charge in [-0.25, -0.2) is 8.42 Å². The lowest BCUT2D eigenvalue weighted by Crippen LogP contribution is -2.32. The standard InChI is InChI=1S/C15H25N3O3S/c1-11(2)21-12-8-9-18(10-12)22(19,20)15-13-6-4-5-7-14(13)16-17(15)3/h11-12H,4-10H2,1-3H3/t12-/m1/s1. The van der Waals surface area contributed by atoms with E-state index in [0.29, 0.717) is 18.1 Å². The molecule has 0 radical (unpaired) electrons. The fourth-order valence-corrected chi connectivity index (χ4v) is 5.37. The van der Waals surface area contributed by atoms with Crippen molar-refractivity contribution in [3.05, 3.63) is 11.3 Å². The quantitative estimate of drug-likeness (QED) is 0.840. The van der Waals surface area contributed by atoms with E-state index in [2.05, 4.69) is 5.10 Å². The molecule has 0 aromatic carbocycles. The maximum absolute atomic E-state index is 13.0. The molecule has 0 spiro atoms. The van der Waals surface area contributed by atoms with Crippen LogP contribution in [-0.2, 0) is 34.6 Å². The summed E-state index contributed by atoms with van der Waals surface area (Å²) in [5.74, 6) is 0. The van der Waals surface area contributed by atoms with Crippen LogP contribution >= 0.6 is 0 Å². The van der Waals surface area contributed by atoms with Crippen LogP contribution in [0.3, 0.4) is 0 Å². The molecular weight excluding hydrogens is 302 g/mol. The van der Waals surface area contributed by atoms with E-state index in [4.69, 9.17) is 4.74 Å². The Bertz CT molecular complexity index is 651. The molecule has 0 bridgehead atoms. The van der Waals surface area contributed by atoms with Crippen LogP contribution in [0.1, 0.15) is 44.4 Å². The van der Waals surface area contributed by atoms with Crippen LogP contribution in [0.15, 0.2) is 5.03 Å². The minimum absolute atomic E-state index is 0.00108. The van der Waals surface area contributed by atoms with Crippen molar-refractivity contribution in [2.24, 2.45) is 7.05 Å². The van der Waals surface area contributed by atoms with E-state index in [9.17, 15) is 8.42 Å². The Labute approximate surface area is 132 Å². The molecule has 1 atom stereocenters. The molecule has 6 nitrogen and oxygen atoms in total. The highest BCUT2D eigenvalue weighted by Gasteiger charge is 2.37. The third-order valence-corrected chi connectivity index (χ3v) is 6.43. The Morgan fingerprint density at radius 1 is 1.27 bits per heavy atom. The van der Waals surface area contributed by atoms with E-state index in [1.54, 1.807) is 16.0 Å². The molecule has 3 rings (SSSR count). The van der Waals surface area contributed by atoms with Gasteiger partial charge >= 0.3 is 0 Å². The number of aromatic nitrogens is 2. The van der Waals surface area contributed by atoms with Crippen molar-refractivity contribution >= 4 is 10.0 Å². The third-order valence-electron chi connectivity index (χ3n) is 4.42. The summed E-state index contributed by atoms with van der Waals surface area (Å²) >= 11 is 0. The largest absolute Gasteiger partial charge is 0.374 e. The molecule has 124 valence electrons. The summed E-state index contributed by atoms with van der Waals surface area (Å²) in [6.45, 7) is 4.93. The normalized spacial score (nSPS) is 23.2. The molecule has 2 heterocycles. The number of rotatable bonds is 4. The molecule has 1 aromatic heterocycles. The van der Waals surface area contributed by atoms with Gasteiger partial charge in [-0.2, -0.15) is 9.40 Å². The topological polar surface area (TPSA) is 64.4 Å². The zero-order valence-corrected chi connectivity index (χ0v) is 14.4. The number of fused-ring (bicyclic) bond motifs is 1. The van der Waals surface area contributed by atoms with Crippen molar-refractivity contribution in [3.8, 4) is 0 Å². The summed E-state index contributed by atoms with van der Waals surface area (Å²) < 4.78 is 34.9. The predicted molar refractivity (Wildman–Crippen MR) is 83.2 cm³/mol. The van der Waals surface area contributed by atoms with Gasteiger partial charge in [0.05, 0.1) is 17.9 Å². The first-order valence-corrected chi connectivity index (χ1v) is 9.54. The Morgan fingerprint density at radius 3 is 2.73 bits per heavy atom. The number of hydrogen-bond donors (Lipinski definition) is 0. The molecule has 1 aromatic rings. The van der Waals surface area contributed by atoms with Gasteiger partial charge in [0, 0.05) is 25.7 Å². The molecule has 7 heteroatoms. The first kappa shape index (κ1) is 16.0. The van der Waals surface area contributed by atoms with Gasteiger partial charge in [0.2, 0.25) is 0 Å². The second kappa shape index (κ2) is 5.94. The first-order chi connectivity index (χ1) is 10.4. The van der Waals surface area contributed by atoms with Crippen molar-refractivity contribution in [1.29, 1.82) is 0 Å². The van der Waals surface area contributed by atoms with Crippen molar-refractivity contribution in [1.82, 2.24) is 14.1 Å². The van der Waals surface area contributed by atoms with Gasteiger partial charge in [0.15, 0.2) is 5.03 Å². The Morgan fingerprint density at radius 2 is 2.00 bits per heavy atom. The predicted octanol–water partition coefficient (Wildman–Crippen LogP) is 1.49. The number of ether oxygens (including phenoxy) is 1. The zero-order valence-electron chi connectivity index (χ0n) is 13.6. The van der Waals surface area contributed by atoms with Crippen molar-refractivity contribution in [2.75, 3.05) is 13.1 Å². The summed E-state index contributed by atoms with van der Waals surface area (Å²) in [5.41, 5.74) is 1.89. The number of sulfonamides is 1. The highest BCUT2D eigenvalue weighted by molar-refractivity contribution is 7.89. The van der Waals surface area contributed by atoms with Crippen LogP contribution < -0.4 is 0 Å². The molecule has 0 saturated carbocycles. The lowest BCUT2D eigenvalue weighted by atomic mass is 9.99. The summed E-state index contributed by atoms with van der Waals surface area (Å²) in [4.78, 5) is 0.